The van der Waals surface area contributed by atoms with Crippen molar-refractivity contribution in [3.63, 3.8) is 0 Å². The number of hydrogen-bond donors (Lipinski definition) is 0. The Morgan fingerprint density at radius 1 is 0.952 bits per heavy atom. The monoisotopic (exact) mass is 272 g/mol. The van der Waals surface area contributed by atoms with Crippen LogP contribution in [0.25, 0.3) is 32.3 Å². The third-order valence-corrected chi connectivity index (χ3v) is 3.94. The lowest BCUT2D eigenvalue weighted by Crippen LogP contribution is -1.94. The molecule has 4 nitrogen and oxygen atoms in total. The van der Waals surface area contributed by atoms with E-state index in [0.29, 0.717) is 10.9 Å². The van der Waals surface area contributed by atoms with E-state index in [-0.39, 0.29) is 5.69 Å². The SMILES string of the molecule is N#Cc1cc([N+](=O)[O-])c2ccc3cccc4ccc1c2c43. The number of hydrogen-bond acceptors (Lipinski definition) is 3. The Balaban J connectivity index is 2.41. The van der Waals surface area contributed by atoms with Crippen molar-refractivity contribution >= 4 is 38.0 Å². The number of nitro groups is 1. The largest absolute Gasteiger partial charge is 0.278 e. The second-order valence-electron chi connectivity index (χ2n) is 4.99. The van der Waals surface area contributed by atoms with Crippen LogP contribution in [0.5, 0.6) is 0 Å². The third-order valence-electron chi connectivity index (χ3n) is 3.94. The first-order valence-electron chi connectivity index (χ1n) is 6.46. The Bertz CT molecular complexity index is 1060. The van der Waals surface area contributed by atoms with Gasteiger partial charge >= 0.3 is 0 Å². The van der Waals surface area contributed by atoms with Gasteiger partial charge in [0.2, 0.25) is 0 Å². The molecule has 0 aliphatic rings. The van der Waals surface area contributed by atoms with Crippen LogP contribution >= 0.6 is 0 Å². The van der Waals surface area contributed by atoms with Crippen LogP contribution in [0.4, 0.5) is 5.69 Å². The molecule has 0 unspecified atom stereocenters. The average Bonchev–Trinajstić information content (AvgIpc) is 2.51. The average molecular weight is 272 g/mol. The molecule has 0 N–H and O–H groups in total. The minimum Gasteiger partial charge on any atom is -0.258 e. The number of benzene rings is 4. The Kier molecular flexibility index (Phi) is 2.16. The molecule has 0 atom stereocenters. The fraction of sp³-hybridized carbons (Fsp3) is 0. The number of nitro benzene ring substituents is 1. The van der Waals surface area contributed by atoms with Crippen LogP contribution in [0.3, 0.4) is 0 Å². The van der Waals surface area contributed by atoms with Gasteiger partial charge in [-0.25, -0.2) is 0 Å². The second kappa shape index (κ2) is 3.90. The molecule has 98 valence electrons. The Hall–Kier alpha value is -3.19. The fourth-order valence-electron chi connectivity index (χ4n) is 3.06. The zero-order chi connectivity index (χ0) is 14.6. The van der Waals surface area contributed by atoms with Gasteiger partial charge in [0.25, 0.3) is 5.69 Å². The lowest BCUT2D eigenvalue weighted by Gasteiger charge is -2.11. The predicted octanol–water partition coefficient (Wildman–Crippen LogP) is 4.36. The van der Waals surface area contributed by atoms with Gasteiger partial charge < -0.3 is 0 Å². The maximum absolute atomic E-state index is 11.3. The molecule has 0 radical (unpaired) electrons. The zero-order valence-corrected chi connectivity index (χ0v) is 10.8. The van der Waals surface area contributed by atoms with Gasteiger partial charge in [0, 0.05) is 16.8 Å². The van der Waals surface area contributed by atoms with E-state index < -0.39 is 4.92 Å². The molecular formula is C17H8N2O2. The Morgan fingerprint density at radius 2 is 1.62 bits per heavy atom. The summed E-state index contributed by atoms with van der Waals surface area (Å²) in [5.74, 6) is 0. The van der Waals surface area contributed by atoms with Gasteiger partial charge in [0.1, 0.15) is 6.07 Å². The highest BCUT2D eigenvalue weighted by Crippen LogP contribution is 2.39. The van der Waals surface area contributed by atoms with Crippen molar-refractivity contribution in [2.24, 2.45) is 0 Å². The van der Waals surface area contributed by atoms with Crippen molar-refractivity contribution in [3.05, 3.63) is 64.2 Å². The van der Waals surface area contributed by atoms with Crippen molar-refractivity contribution in [1.82, 2.24) is 0 Å². The number of non-ortho nitro benzene ring substituents is 1. The smallest absolute Gasteiger partial charge is 0.258 e. The molecule has 0 aliphatic heterocycles. The summed E-state index contributed by atoms with van der Waals surface area (Å²) in [6, 6.07) is 16.8. The van der Waals surface area contributed by atoms with Crippen molar-refractivity contribution in [2.75, 3.05) is 0 Å². The van der Waals surface area contributed by atoms with E-state index in [1.54, 1.807) is 6.07 Å². The van der Waals surface area contributed by atoms with Gasteiger partial charge in [-0.1, -0.05) is 36.4 Å². The van der Waals surface area contributed by atoms with E-state index in [4.69, 9.17) is 0 Å². The summed E-state index contributed by atoms with van der Waals surface area (Å²) in [5, 5.41) is 25.8. The summed E-state index contributed by atoms with van der Waals surface area (Å²) in [4.78, 5) is 10.9. The fourth-order valence-corrected chi connectivity index (χ4v) is 3.06. The van der Waals surface area contributed by atoms with Crippen LogP contribution in [0.1, 0.15) is 5.56 Å². The molecule has 0 heterocycles. The Labute approximate surface area is 119 Å². The van der Waals surface area contributed by atoms with Crippen LogP contribution in [-0.2, 0) is 0 Å². The minimum absolute atomic E-state index is 0.0164. The normalized spacial score (nSPS) is 11.2. The molecule has 0 bridgehead atoms. The maximum atomic E-state index is 11.3. The van der Waals surface area contributed by atoms with E-state index in [9.17, 15) is 15.4 Å². The van der Waals surface area contributed by atoms with Crippen LogP contribution < -0.4 is 0 Å². The predicted molar refractivity (Wildman–Crippen MR) is 81.5 cm³/mol. The molecule has 0 spiro atoms. The van der Waals surface area contributed by atoms with E-state index in [1.165, 1.54) is 6.07 Å². The summed E-state index contributed by atoms with van der Waals surface area (Å²) in [7, 11) is 0. The minimum atomic E-state index is -0.424. The molecule has 0 aliphatic carbocycles. The lowest BCUT2D eigenvalue weighted by atomic mass is 9.91. The summed E-state index contributed by atoms with van der Waals surface area (Å²) in [5.41, 5.74) is 0.324. The van der Waals surface area contributed by atoms with E-state index in [0.717, 1.165) is 26.9 Å². The summed E-state index contributed by atoms with van der Waals surface area (Å²) < 4.78 is 0. The molecule has 4 aromatic rings. The first-order chi connectivity index (χ1) is 10.2. The van der Waals surface area contributed by atoms with Gasteiger partial charge in [-0.15, -0.1) is 0 Å². The van der Waals surface area contributed by atoms with Crippen molar-refractivity contribution in [2.45, 2.75) is 0 Å². The van der Waals surface area contributed by atoms with Crippen molar-refractivity contribution in [3.8, 4) is 6.07 Å². The molecule has 4 rings (SSSR count). The van der Waals surface area contributed by atoms with Crippen LogP contribution in [-0.4, -0.2) is 4.92 Å². The van der Waals surface area contributed by atoms with Crippen LogP contribution in [0, 0.1) is 21.4 Å². The number of rotatable bonds is 1. The summed E-state index contributed by atoms with van der Waals surface area (Å²) in [6.07, 6.45) is 0. The van der Waals surface area contributed by atoms with Gasteiger partial charge in [0.15, 0.2) is 0 Å². The van der Waals surface area contributed by atoms with Gasteiger partial charge in [-0.3, -0.25) is 10.1 Å². The lowest BCUT2D eigenvalue weighted by molar-refractivity contribution is -0.383. The molecule has 0 saturated heterocycles. The van der Waals surface area contributed by atoms with E-state index in [2.05, 4.69) is 6.07 Å². The molecular weight excluding hydrogens is 264 g/mol. The summed E-state index contributed by atoms with van der Waals surface area (Å²) >= 11 is 0. The molecule has 0 saturated carbocycles. The highest BCUT2D eigenvalue weighted by Gasteiger charge is 2.19. The maximum Gasteiger partial charge on any atom is 0.278 e. The van der Waals surface area contributed by atoms with Gasteiger partial charge in [-0.2, -0.15) is 5.26 Å². The molecule has 21 heavy (non-hydrogen) atoms. The quantitative estimate of drug-likeness (QED) is 0.293. The third kappa shape index (κ3) is 1.43. The van der Waals surface area contributed by atoms with E-state index >= 15 is 0 Å². The second-order valence-corrected chi connectivity index (χ2v) is 4.99. The summed E-state index contributed by atoms with van der Waals surface area (Å²) in [6.45, 7) is 0. The first-order valence-corrected chi connectivity index (χ1v) is 6.46. The highest BCUT2D eigenvalue weighted by atomic mass is 16.6. The Morgan fingerprint density at radius 3 is 2.24 bits per heavy atom. The molecule has 4 heteroatoms. The highest BCUT2D eigenvalue weighted by molar-refractivity contribution is 6.25. The number of nitriles is 1. The molecule has 0 amide bonds. The van der Waals surface area contributed by atoms with Crippen molar-refractivity contribution in [1.29, 1.82) is 5.26 Å². The van der Waals surface area contributed by atoms with Crippen LogP contribution in [0.2, 0.25) is 0 Å². The molecule has 0 aromatic heterocycles. The standard InChI is InChI=1S/C17H8N2O2/c18-9-12-8-15(19(20)21)14-7-5-11-3-1-2-10-4-6-13(12)17(14)16(10)11/h1-8H. The van der Waals surface area contributed by atoms with E-state index in [1.807, 2.05) is 36.4 Å². The topological polar surface area (TPSA) is 66.9 Å². The van der Waals surface area contributed by atoms with Gasteiger partial charge in [0.05, 0.1) is 15.9 Å². The van der Waals surface area contributed by atoms with Crippen LogP contribution in [0.15, 0.2) is 48.5 Å². The van der Waals surface area contributed by atoms with Crippen molar-refractivity contribution < 1.29 is 4.92 Å². The molecule has 0 fully saturated rings. The van der Waals surface area contributed by atoms with Gasteiger partial charge in [-0.05, 0) is 22.2 Å². The zero-order valence-electron chi connectivity index (χ0n) is 10.8. The first kappa shape index (κ1) is 11.6. The molecule has 4 aromatic carbocycles. The number of nitrogens with zero attached hydrogens (tertiary/aromatic N) is 2.